The fraction of sp³-hybridized carbons (Fsp3) is 0.152. The monoisotopic (exact) mass is 564 g/mol. The molecule has 2 amide bonds. The molecule has 0 saturated heterocycles. The first kappa shape index (κ1) is 29.5. The summed E-state index contributed by atoms with van der Waals surface area (Å²) in [6.45, 7) is 6.34. The summed E-state index contributed by atoms with van der Waals surface area (Å²) in [5, 5.41) is 17.6. The maximum atomic E-state index is 13.2. The van der Waals surface area contributed by atoms with E-state index in [9.17, 15) is 14.4 Å². The van der Waals surface area contributed by atoms with Gasteiger partial charge >= 0.3 is 5.97 Å². The Hall–Kier alpha value is -5.44. The van der Waals surface area contributed by atoms with Gasteiger partial charge in [0.1, 0.15) is 6.61 Å². The zero-order valence-electron chi connectivity index (χ0n) is 23.5. The van der Waals surface area contributed by atoms with Crippen molar-refractivity contribution < 1.29 is 24.3 Å². The zero-order chi connectivity index (χ0) is 30.3. The van der Waals surface area contributed by atoms with Gasteiger partial charge in [-0.1, -0.05) is 80.5 Å². The molecule has 0 aliphatic carbocycles. The van der Waals surface area contributed by atoms with Gasteiger partial charge in [-0.25, -0.2) is 4.79 Å². The molecule has 4 rings (SSSR count). The molecule has 4 aromatic carbocycles. The van der Waals surface area contributed by atoms with Crippen LogP contribution in [0.1, 0.15) is 68.5 Å². The normalized spacial score (nSPS) is 11.5. The van der Waals surface area contributed by atoms with Crippen LogP contribution in [0.25, 0.3) is 0 Å². The summed E-state index contributed by atoms with van der Waals surface area (Å²) in [6, 6.07) is 27.2. The largest absolute Gasteiger partial charge is 0.457 e. The van der Waals surface area contributed by atoms with Crippen LogP contribution in [0, 0.1) is 0 Å². The van der Waals surface area contributed by atoms with Gasteiger partial charge in [0, 0.05) is 16.7 Å². The highest BCUT2D eigenvalue weighted by Crippen LogP contribution is 2.27. The number of oxime groups is 1. The van der Waals surface area contributed by atoms with Gasteiger partial charge in [-0.15, -0.1) is 0 Å². The van der Waals surface area contributed by atoms with Gasteiger partial charge < -0.3 is 26.3 Å². The van der Waals surface area contributed by atoms with Crippen LogP contribution in [0.15, 0.2) is 102 Å². The third-order valence-corrected chi connectivity index (χ3v) is 6.51. The lowest BCUT2D eigenvalue weighted by Crippen LogP contribution is -2.19. The molecule has 0 bridgehead atoms. The number of esters is 1. The number of ether oxygens (including phenoxy) is 1. The Bertz CT molecular complexity index is 1620. The van der Waals surface area contributed by atoms with Crippen LogP contribution < -0.4 is 16.4 Å². The molecule has 0 unspecified atom stereocenters. The molecule has 0 heterocycles. The number of rotatable bonds is 8. The van der Waals surface area contributed by atoms with E-state index in [1.807, 2.05) is 42.5 Å². The average Bonchev–Trinajstić information content (AvgIpc) is 3.00. The molecular formula is C33H32N4O5. The predicted octanol–water partition coefficient (Wildman–Crippen LogP) is 5.94. The van der Waals surface area contributed by atoms with E-state index in [-0.39, 0.29) is 46.3 Å². The number of nitrogens with two attached hydrogens (primary N) is 1. The Balaban J connectivity index is 1.61. The van der Waals surface area contributed by atoms with Gasteiger partial charge in [0.05, 0.1) is 16.9 Å². The molecule has 9 nitrogen and oxygen atoms in total. The van der Waals surface area contributed by atoms with E-state index < -0.39 is 11.9 Å². The van der Waals surface area contributed by atoms with E-state index in [0.717, 1.165) is 11.1 Å². The third kappa shape index (κ3) is 7.39. The first-order valence-corrected chi connectivity index (χ1v) is 13.2. The summed E-state index contributed by atoms with van der Waals surface area (Å²) in [5.41, 5.74) is 9.14. The topological polar surface area (TPSA) is 143 Å². The maximum absolute atomic E-state index is 13.2. The number of anilines is 2. The number of carbonyl (C=O) groups excluding carboxylic acids is 3. The van der Waals surface area contributed by atoms with Crippen molar-refractivity contribution in [2.45, 2.75) is 32.8 Å². The quantitative estimate of drug-likeness (QED) is 0.0686. The lowest BCUT2D eigenvalue weighted by Gasteiger charge is -2.19. The second-order valence-electron chi connectivity index (χ2n) is 10.6. The Morgan fingerprint density at radius 1 is 0.738 bits per heavy atom. The molecule has 0 spiro atoms. The number of hydrogen-bond donors (Lipinski definition) is 4. The summed E-state index contributed by atoms with van der Waals surface area (Å²) < 4.78 is 5.45. The molecule has 0 aliphatic heterocycles. The first-order valence-electron chi connectivity index (χ1n) is 13.2. The van der Waals surface area contributed by atoms with Gasteiger partial charge in [-0.2, -0.15) is 0 Å². The number of benzene rings is 4. The smallest absolute Gasteiger partial charge is 0.338 e. The highest BCUT2D eigenvalue weighted by atomic mass is 16.5. The molecule has 0 fully saturated rings. The number of carbonyl (C=O) groups is 3. The van der Waals surface area contributed by atoms with Crippen molar-refractivity contribution in [1.82, 2.24) is 0 Å². The minimum absolute atomic E-state index is 0.0671. The van der Waals surface area contributed by atoms with Gasteiger partial charge in [0.15, 0.2) is 5.84 Å². The minimum Gasteiger partial charge on any atom is -0.457 e. The van der Waals surface area contributed by atoms with Crippen molar-refractivity contribution >= 4 is 35.0 Å². The number of amides is 2. The van der Waals surface area contributed by atoms with Crippen molar-refractivity contribution in [3.8, 4) is 0 Å². The van der Waals surface area contributed by atoms with Crippen molar-refractivity contribution in [2.75, 3.05) is 10.6 Å². The Morgan fingerprint density at radius 3 is 2.02 bits per heavy atom. The van der Waals surface area contributed by atoms with Crippen LogP contribution in [0.4, 0.5) is 11.4 Å². The van der Waals surface area contributed by atoms with Crippen molar-refractivity contribution in [3.63, 3.8) is 0 Å². The highest BCUT2D eigenvalue weighted by molar-refractivity contribution is 6.11. The molecule has 4 aromatic rings. The average molecular weight is 565 g/mol. The van der Waals surface area contributed by atoms with Gasteiger partial charge in [0.25, 0.3) is 11.8 Å². The number of hydrogen-bond acceptors (Lipinski definition) is 6. The Kier molecular flexibility index (Phi) is 9.02. The van der Waals surface area contributed by atoms with E-state index in [4.69, 9.17) is 15.7 Å². The highest BCUT2D eigenvalue weighted by Gasteiger charge is 2.18. The minimum atomic E-state index is -0.598. The van der Waals surface area contributed by atoms with E-state index in [2.05, 4.69) is 36.6 Å². The standard InChI is InChI=1S/C33H32N4O5/c1-33(2,3)26-15-12-22(13-16-26)30(38)35-27-17-14-25(32(40)42-20-21-8-5-4-6-9-21)19-28(27)36-31(39)24-11-7-10-23(18-24)29(34)37-41/h4-19,41H,20H2,1-3H3,(H2,34,37)(H,35,38)(H,36,39). The molecule has 214 valence electrons. The molecule has 0 aliphatic rings. The fourth-order valence-corrected chi connectivity index (χ4v) is 4.08. The molecule has 5 N–H and O–H groups in total. The second-order valence-corrected chi connectivity index (χ2v) is 10.6. The van der Waals surface area contributed by atoms with Crippen LogP contribution >= 0.6 is 0 Å². The first-order chi connectivity index (χ1) is 20.0. The molecule has 0 radical (unpaired) electrons. The summed E-state index contributed by atoms with van der Waals surface area (Å²) >= 11 is 0. The predicted molar refractivity (Wildman–Crippen MR) is 162 cm³/mol. The zero-order valence-corrected chi connectivity index (χ0v) is 23.5. The summed E-state index contributed by atoms with van der Waals surface area (Å²) in [7, 11) is 0. The Morgan fingerprint density at radius 2 is 1.36 bits per heavy atom. The fourth-order valence-electron chi connectivity index (χ4n) is 4.08. The summed E-state index contributed by atoms with van der Waals surface area (Å²) in [6.07, 6.45) is 0. The molecule has 0 saturated carbocycles. The SMILES string of the molecule is CC(C)(C)c1ccc(C(=O)Nc2ccc(C(=O)OCc3ccccc3)cc2NC(=O)c2cccc(/C(N)=N/O)c2)cc1. The number of nitrogens with zero attached hydrogens (tertiary/aromatic N) is 1. The van der Waals surface area contributed by atoms with Gasteiger partial charge in [0.2, 0.25) is 0 Å². The van der Waals surface area contributed by atoms with Gasteiger partial charge in [-0.05, 0) is 59.0 Å². The number of nitrogens with one attached hydrogen (secondary N) is 2. The molecular weight excluding hydrogens is 532 g/mol. The molecule has 0 aromatic heterocycles. The maximum Gasteiger partial charge on any atom is 0.338 e. The van der Waals surface area contributed by atoms with Crippen molar-refractivity contribution in [2.24, 2.45) is 10.9 Å². The van der Waals surface area contributed by atoms with Crippen molar-refractivity contribution in [1.29, 1.82) is 0 Å². The summed E-state index contributed by atoms with van der Waals surface area (Å²) in [4.78, 5) is 39.2. The van der Waals surface area contributed by atoms with Crippen molar-refractivity contribution in [3.05, 3.63) is 130 Å². The lowest BCUT2D eigenvalue weighted by atomic mass is 9.87. The van der Waals surface area contributed by atoms with E-state index in [1.165, 1.54) is 24.3 Å². The van der Waals surface area contributed by atoms with E-state index in [1.54, 1.807) is 30.3 Å². The van der Waals surface area contributed by atoms with Crippen LogP contribution in [0.2, 0.25) is 0 Å². The van der Waals surface area contributed by atoms with Crippen LogP contribution in [-0.2, 0) is 16.8 Å². The lowest BCUT2D eigenvalue weighted by molar-refractivity contribution is 0.0472. The van der Waals surface area contributed by atoms with Crippen LogP contribution in [-0.4, -0.2) is 28.8 Å². The molecule has 42 heavy (non-hydrogen) atoms. The summed E-state index contributed by atoms with van der Waals surface area (Å²) in [5.74, 6) is -1.68. The van der Waals surface area contributed by atoms with Gasteiger partial charge in [-0.3, -0.25) is 9.59 Å². The van der Waals surface area contributed by atoms with E-state index in [0.29, 0.717) is 11.1 Å². The molecule has 0 atom stereocenters. The van der Waals surface area contributed by atoms with E-state index >= 15 is 0 Å². The molecule has 9 heteroatoms. The Labute approximate surface area is 244 Å². The van der Waals surface area contributed by atoms with Crippen LogP contribution in [0.3, 0.4) is 0 Å². The number of amidine groups is 1. The third-order valence-electron chi connectivity index (χ3n) is 6.51. The second kappa shape index (κ2) is 12.8. The van der Waals surface area contributed by atoms with Crippen LogP contribution in [0.5, 0.6) is 0 Å².